The van der Waals surface area contributed by atoms with Gasteiger partial charge in [-0.15, -0.1) is 0 Å². The summed E-state index contributed by atoms with van der Waals surface area (Å²) in [6.45, 7) is 4.01. The number of phenolic OH excluding ortho intramolecular Hbond substituents is 1. The van der Waals surface area contributed by atoms with Crippen molar-refractivity contribution < 1.29 is 114 Å². The van der Waals surface area contributed by atoms with Crippen LogP contribution >= 0.6 is 7.82 Å². The van der Waals surface area contributed by atoms with E-state index in [1.807, 2.05) is 13.8 Å². The number of aromatic hydroxyl groups is 1. The SMILES string of the molecule is CCCCCCCCCCCCCCCC(=O)OC(C)C.O=C(O)c1ccc(O)cc1.O=P(O)(O)O.OCC(O)CO.OC[C@H]1O[C@@H](O[C@H]2[C@H](O)[C@@H](O)[C@@H](O)O[C@@H]2CO)[C@H](O)[C@@H](O)[C@H]1O.[CH3][K]. The second-order valence-corrected chi connectivity index (χ2v) is 16.5. The molecular formula is C42H80KO23P. The number of hydrogen-bond donors (Lipinski definition) is 16. The molecule has 0 amide bonds. The normalized spacial score (nSPS) is 24.4. The first-order valence-corrected chi connectivity index (χ1v) is 27.3. The number of esters is 1. The second-order valence-electron chi connectivity index (χ2n) is 15.4. The van der Waals surface area contributed by atoms with E-state index in [-0.39, 0.29) is 36.6 Å². The second kappa shape index (κ2) is 42.8. The fourth-order valence-electron chi connectivity index (χ4n) is 5.84. The molecule has 3 rings (SSSR count). The molecule has 0 spiro atoms. The Kier molecular flexibility index (Phi) is 45.0. The molecule has 2 heterocycles. The van der Waals surface area contributed by atoms with Gasteiger partial charge in [0.25, 0.3) is 0 Å². The van der Waals surface area contributed by atoms with E-state index in [2.05, 4.69) is 7.94 Å². The minimum absolute atomic E-state index is 0.0273. The zero-order chi connectivity index (χ0) is 52.1. The van der Waals surface area contributed by atoms with Crippen LogP contribution in [0.5, 0.6) is 5.75 Å². The van der Waals surface area contributed by atoms with E-state index in [9.17, 15) is 45.3 Å². The molecule has 0 unspecified atom stereocenters. The van der Waals surface area contributed by atoms with Crippen LogP contribution in [0.25, 0.3) is 0 Å². The van der Waals surface area contributed by atoms with Gasteiger partial charge in [-0.2, -0.15) is 0 Å². The summed E-state index contributed by atoms with van der Waals surface area (Å²) in [4.78, 5) is 43.1. The minimum atomic E-state index is -4.64. The van der Waals surface area contributed by atoms with Crippen molar-refractivity contribution in [1.82, 2.24) is 0 Å². The Bertz CT molecular complexity index is 1360. The number of unbranched alkanes of at least 4 members (excludes halogenated alkanes) is 12. The number of aliphatic hydroxyl groups excluding tert-OH is 11. The Morgan fingerprint density at radius 1 is 0.672 bits per heavy atom. The summed E-state index contributed by atoms with van der Waals surface area (Å²) < 4.78 is 31.4. The molecule has 16 N–H and O–H groups in total. The number of carboxylic acids is 1. The van der Waals surface area contributed by atoms with Crippen molar-refractivity contribution in [3.05, 3.63) is 29.8 Å². The van der Waals surface area contributed by atoms with Crippen molar-refractivity contribution in [1.29, 1.82) is 0 Å². The molecule has 25 heteroatoms. The summed E-state index contributed by atoms with van der Waals surface area (Å²) in [5.41, 5.74) is 0.179. The van der Waals surface area contributed by atoms with Gasteiger partial charge in [-0.1, -0.05) is 84.0 Å². The average molecular weight is 1020 g/mol. The van der Waals surface area contributed by atoms with E-state index >= 15 is 0 Å². The number of aromatic carboxylic acids is 1. The molecule has 0 aromatic heterocycles. The maximum atomic E-state index is 11.3. The number of hydrogen-bond acceptors (Lipinski definition) is 19. The predicted molar refractivity (Wildman–Crippen MR) is 241 cm³/mol. The number of ether oxygens (including phenoxy) is 4. The summed E-state index contributed by atoms with van der Waals surface area (Å²) >= 11 is 1.06. The number of carbonyl (C=O) groups is 2. The molecule has 0 bridgehead atoms. The fraction of sp³-hybridized carbons (Fsp3) is 0.810. The van der Waals surface area contributed by atoms with Gasteiger partial charge < -0.3 is 100 Å². The van der Waals surface area contributed by atoms with Gasteiger partial charge in [-0.05, 0) is 44.5 Å². The van der Waals surface area contributed by atoms with E-state index < -0.39 is 94.5 Å². The van der Waals surface area contributed by atoms with Gasteiger partial charge in [0.2, 0.25) is 0 Å². The number of phenols is 1. The van der Waals surface area contributed by atoms with Gasteiger partial charge in [0, 0.05) is 6.42 Å². The standard InChI is InChI=1S/C19H38O2.C12H22O11.C7H6O3.C3H8O3.CH3.K.H3O4P/c1-4-5-6-7-8-9-10-11-12-13-14-15-16-17-19(20)21-18(2)3;13-1-3-5(15)6(16)9(19)12(22-3)23-10-4(2-14)21-11(20)8(18)7(10)17;8-6-3-1-5(2-4-6)7(9)10;4-1-3(6)2-5;;;1-5(2,3)4/h18H,4-17H2,1-3H3;3-20H,1-2H2;1-4,8H,(H,9,10);3-6H,1-2H2;1H3;;(H3,1,2,3,4)/t;3-,4-,5+,6+,7-,8-,9-,10-,11+,12+;;;;;/m.1...../s1. The Morgan fingerprint density at radius 3 is 1.48 bits per heavy atom. The van der Waals surface area contributed by atoms with Crippen LogP contribution in [0.4, 0.5) is 0 Å². The number of rotatable bonds is 22. The van der Waals surface area contributed by atoms with Gasteiger partial charge >= 0.3 is 69.7 Å². The first-order valence-electron chi connectivity index (χ1n) is 22.7. The van der Waals surface area contributed by atoms with E-state index in [1.54, 1.807) is 0 Å². The zero-order valence-corrected chi connectivity index (χ0v) is 43.4. The van der Waals surface area contributed by atoms with Crippen LogP contribution in [-0.4, -0.2) is 242 Å². The quantitative estimate of drug-likeness (QED) is 0.0307. The molecule has 10 atom stereocenters. The molecule has 0 radical (unpaired) electrons. The molecule has 0 saturated carbocycles. The Labute approximate surface area is 427 Å². The van der Waals surface area contributed by atoms with Crippen LogP contribution in [0.2, 0.25) is 1.02 Å². The van der Waals surface area contributed by atoms with E-state index in [4.69, 9.17) is 68.8 Å². The number of carboxylic acid groups (broad SMARTS) is 1. The van der Waals surface area contributed by atoms with Gasteiger partial charge in [0.15, 0.2) is 12.6 Å². The molecule has 2 saturated heterocycles. The molecule has 23 nitrogen and oxygen atoms in total. The number of phosphoric acid groups is 1. The predicted octanol–water partition coefficient (Wildman–Crippen LogP) is -0.281. The molecule has 0 aliphatic carbocycles. The van der Waals surface area contributed by atoms with Gasteiger partial charge in [0.1, 0.15) is 60.7 Å². The van der Waals surface area contributed by atoms with Crippen molar-refractivity contribution in [2.45, 2.75) is 185 Å². The average Bonchev–Trinajstić information content (AvgIpc) is 3.28. The molecular weight excluding hydrogens is 943 g/mol. The van der Waals surface area contributed by atoms with Crippen molar-refractivity contribution in [2.75, 3.05) is 26.4 Å². The summed E-state index contributed by atoms with van der Waals surface area (Å²) in [5.74, 6) is -0.946. The number of carbonyl (C=O) groups excluding carboxylic acids is 1. The van der Waals surface area contributed by atoms with Gasteiger partial charge in [-0.25, -0.2) is 9.36 Å². The monoisotopic (exact) mass is 1020 g/mol. The van der Waals surface area contributed by atoms with E-state index in [1.165, 1.54) is 101 Å². The fourth-order valence-corrected chi connectivity index (χ4v) is 5.84. The van der Waals surface area contributed by atoms with Crippen LogP contribution in [0.15, 0.2) is 24.3 Å². The van der Waals surface area contributed by atoms with Crippen molar-refractivity contribution in [2.24, 2.45) is 0 Å². The summed E-state index contributed by atoms with van der Waals surface area (Å²) in [6, 6.07) is 5.36. The van der Waals surface area contributed by atoms with Gasteiger partial charge in [-0.3, -0.25) is 4.79 Å². The Balaban J connectivity index is -0.000000843. The van der Waals surface area contributed by atoms with Crippen LogP contribution in [0, 0.1) is 0 Å². The first kappa shape index (κ1) is 70.4. The van der Waals surface area contributed by atoms with Crippen LogP contribution < -0.4 is 0 Å². The summed E-state index contributed by atoms with van der Waals surface area (Å²) in [7, 11) is -4.64. The third-order valence-electron chi connectivity index (χ3n) is 9.37. The molecule has 2 aliphatic heterocycles. The van der Waals surface area contributed by atoms with Crippen molar-refractivity contribution in [3.63, 3.8) is 0 Å². The van der Waals surface area contributed by atoms with Crippen LogP contribution in [0.1, 0.15) is 121 Å². The van der Waals surface area contributed by atoms with Crippen molar-refractivity contribution in [3.8, 4) is 5.75 Å². The van der Waals surface area contributed by atoms with Gasteiger partial charge in [0.05, 0.1) is 38.1 Å². The summed E-state index contributed by atoms with van der Waals surface area (Å²) in [6.07, 6.45) is 1.48. The van der Waals surface area contributed by atoms with E-state index in [0.29, 0.717) is 6.42 Å². The van der Waals surface area contributed by atoms with E-state index in [0.717, 1.165) is 55.4 Å². The Morgan fingerprint density at radius 2 is 1.10 bits per heavy atom. The first-order chi connectivity index (χ1) is 31.5. The maximum absolute atomic E-state index is 11.3. The molecule has 2 fully saturated rings. The molecule has 1 aromatic rings. The summed E-state index contributed by atoms with van der Waals surface area (Å²) in [5, 5.41) is 118. The molecule has 392 valence electrons. The number of benzene rings is 1. The molecule has 2 aliphatic rings. The molecule has 67 heavy (non-hydrogen) atoms. The zero-order valence-electron chi connectivity index (χ0n) is 39.4. The molecule has 1 aromatic carbocycles. The Hall–Kier alpha value is -0.854. The van der Waals surface area contributed by atoms with Crippen molar-refractivity contribution >= 4 is 68.7 Å². The van der Waals surface area contributed by atoms with Crippen LogP contribution in [-0.2, 0) is 28.3 Å². The topological polar surface area (TPSA) is 412 Å². The van der Waals surface area contributed by atoms with Crippen LogP contribution in [0.3, 0.4) is 0 Å². The third kappa shape index (κ3) is 36.7. The number of aliphatic hydroxyl groups is 11. The third-order valence-corrected chi connectivity index (χ3v) is 9.37.